The molecule has 1 fully saturated rings. The molecular formula is C20H25N3O3S. The Kier molecular flexibility index (Phi) is 4.84. The quantitative estimate of drug-likeness (QED) is 0.870. The largest absolute Gasteiger partial charge is 0.496 e. The lowest BCUT2D eigenvalue weighted by Gasteiger charge is -2.36. The zero-order valence-electron chi connectivity index (χ0n) is 15.7. The highest BCUT2D eigenvalue weighted by atomic mass is 32.2. The van der Waals surface area contributed by atoms with Crippen molar-refractivity contribution in [2.45, 2.75) is 17.4 Å². The average Bonchev–Trinajstić information content (AvgIpc) is 3.08. The second-order valence-corrected chi connectivity index (χ2v) is 8.93. The molecule has 0 bridgehead atoms. The molecule has 2 aromatic carbocycles. The lowest BCUT2D eigenvalue weighted by atomic mass is 10.0. The molecule has 27 heavy (non-hydrogen) atoms. The maximum atomic E-state index is 13.5. The molecule has 0 aliphatic carbocycles. The molecule has 1 unspecified atom stereocenters. The van der Waals surface area contributed by atoms with Crippen molar-refractivity contribution in [2.24, 2.45) is 0 Å². The smallest absolute Gasteiger partial charge is 0.243 e. The van der Waals surface area contributed by atoms with Gasteiger partial charge in [-0.15, -0.1) is 0 Å². The van der Waals surface area contributed by atoms with E-state index in [1.54, 1.807) is 17.5 Å². The van der Waals surface area contributed by atoms with Crippen molar-refractivity contribution in [2.75, 3.05) is 45.2 Å². The van der Waals surface area contributed by atoms with Gasteiger partial charge in [0.05, 0.1) is 18.0 Å². The first-order chi connectivity index (χ1) is 13.0. The van der Waals surface area contributed by atoms with E-state index in [-0.39, 0.29) is 6.04 Å². The number of ether oxygens (including phenoxy) is 1. The first kappa shape index (κ1) is 18.3. The number of nitrogens with one attached hydrogen (secondary N) is 1. The number of piperazine rings is 1. The van der Waals surface area contributed by atoms with Crippen LogP contribution in [0.2, 0.25) is 0 Å². The van der Waals surface area contributed by atoms with Crippen LogP contribution in [0.5, 0.6) is 5.75 Å². The molecule has 0 amide bonds. The summed E-state index contributed by atoms with van der Waals surface area (Å²) in [7, 11) is 0.00176. The van der Waals surface area contributed by atoms with Crippen molar-refractivity contribution in [3.05, 3.63) is 53.6 Å². The molecular weight excluding hydrogens is 362 g/mol. The number of anilines is 1. The highest BCUT2D eigenvalue weighted by molar-refractivity contribution is 7.89. The lowest BCUT2D eigenvalue weighted by molar-refractivity contribution is 0.264. The summed E-state index contributed by atoms with van der Waals surface area (Å²) in [5.74, 6) is 0.708. The number of benzene rings is 2. The van der Waals surface area contributed by atoms with E-state index in [1.807, 2.05) is 43.4 Å². The fourth-order valence-corrected chi connectivity index (χ4v) is 5.62. The number of methoxy groups -OCH3 is 1. The van der Waals surface area contributed by atoms with Gasteiger partial charge in [-0.3, -0.25) is 0 Å². The average molecular weight is 388 g/mol. The van der Waals surface area contributed by atoms with Crippen LogP contribution in [-0.2, 0) is 16.4 Å². The van der Waals surface area contributed by atoms with E-state index in [9.17, 15) is 8.42 Å². The number of fused-ring (bicyclic) bond motifs is 1. The molecule has 2 aliphatic rings. The minimum absolute atomic E-state index is 0.300. The van der Waals surface area contributed by atoms with Gasteiger partial charge >= 0.3 is 0 Å². The Bertz CT molecular complexity index is 945. The van der Waals surface area contributed by atoms with Gasteiger partial charge in [-0.05, 0) is 30.2 Å². The second-order valence-electron chi connectivity index (χ2n) is 7.04. The molecule has 4 rings (SSSR count). The van der Waals surface area contributed by atoms with Crippen LogP contribution < -0.4 is 15.0 Å². The van der Waals surface area contributed by atoms with Gasteiger partial charge in [0.15, 0.2) is 0 Å². The van der Waals surface area contributed by atoms with Crippen LogP contribution in [0.15, 0.2) is 47.4 Å². The van der Waals surface area contributed by atoms with Crippen LogP contribution in [0.4, 0.5) is 5.69 Å². The molecule has 1 N–H and O–H groups in total. The predicted molar refractivity (Wildman–Crippen MR) is 106 cm³/mol. The Morgan fingerprint density at radius 2 is 1.96 bits per heavy atom. The molecule has 2 aromatic rings. The minimum atomic E-state index is -3.62. The van der Waals surface area contributed by atoms with Crippen LogP contribution in [-0.4, -0.2) is 53.1 Å². The summed E-state index contributed by atoms with van der Waals surface area (Å²) in [6.45, 7) is 2.55. The Morgan fingerprint density at radius 1 is 1.15 bits per heavy atom. The van der Waals surface area contributed by atoms with E-state index in [0.29, 0.717) is 30.3 Å². The number of para-hydroxylation sites is 1. The molecule has 7 heteroatoms. The number of rotatable bonds is 4. The molecule has 144 valence electrons. The van der Waals surface area contributed by atoms with Crippen molar-refractivity contribution in [1.29, 1.82) is 0 Å². The number of sulfonamides is 1. The fraction of sp³-hybridized carbons (Fsp3) is 0.400. The molecule has 6 nitrogen and oxygen atoms in total. The monoisotopic (exact) mass is 387 g/mol. The van der Waals surface area contributed by atoms with E-state index in [2.05, 4.69) is 10.2 Å². The maximum absolute atomic E-state index is 13.5. The minimum Gasteiger partial charge on any atom is -0.496 e. The molecule has 0 spiro atoms. The predicted octanol–water partition coefficient (Wildman–Crippen LogP) is 2.02. The summed E-state index contributed by atoms with van der Waals surface area (Å²) in [6.07, 6.45) is 0.962. The number of hydrogen-bond donors (Lipinski definition) is 1. The molecule has 1 atom stereocenters. The van der Waals surface area contributed by atoms with Gasteiger partial charge in [-0.25, -0.2) is 8.42 Å². The van der Waals surface area contributed by atoms with Gasteiger partial charge in [-0.1, -0.05) is 24.3 Å². The topological polar surface area (TPSA) is 61.9 Å². The summed E-state index contributed by atoms with van der Waals surface area (Å²) < 4.78 is 34.1. The van der Waals surface area contributed by atoms with Gasteiger partial charge in [-0.2, -0.15) is 4.31 Å². The van der Waals surface area contributed by atoms with Crippen LogP contribution in [0.3, 0.4) is 0 Å². The first-order valence-corrected chi connectivity index (χ1v) is 10.7. The normalized spacial score (nSPS) is 20.5. The Hall–Kier alpha value is -2.09. The van der Waals surface area contributed by atoms with E-state index in [0.717, 1.165) is 24.2 Å². The fourth-order valence-electron chi connectivity index (χ4n) is 4.00. The van der Waals surface area contributed by atoms with Crippen LogP contribution in [0.1, 0.15) is 17.2 Å². The zero-order chi connectivity index (χ0) is 19.0. The van der Waals surface area contributed by atoms with Crippen molar-refractivity contribution in [1.82, 2.24) is 9.62 Å². The van der Waals surface area contributed by atoms with E-state index in [1.165, 1.54) is 5.56 Å². The van der Waals surface area contributed by atoms with Gasteiger partial charge in [0.25, 0.3) is 0 Å². The number of nitrogens with zero attached hydrogens (tertiary/aromatic N) is 2. The van der Waals surface area contributed by atoms with Gasteiger partial charge < -0.3 is 15.0 Å². The summed E-state index contributed by atoms with van der Waals surface area (Å²) >= 11 is 0. The van der Waals surface area contributed by atoms with Crippen LogP contribution in [0, 0.1) is 0 Å². The summed E-state index contributed by atoms with van der Waals surface area (Å²) in [5.41, 5.74) is 3.10. The summed E-state index contributed by atoms with van der Waals surface area (Å²) in [5, 5.41) is 3.32. The Balaban J connectivity index is 1.74. The Morgan fingerprint density at radius 3 is 2.78 bits per heavy atom. The SMILES string of the molecule is COc1ccccc1C1CNCCN1S(=O)(=O)c1ccc2c(c1)N(C)CC2. The van der Waals surface area contributed by atoms with E-state index >= 15 is 0 Å². The Labute approximate surface area is 160 Å². The molecule has 2 heterocycles. The van der Waals surface area contributed by atoms with E-state index < -0.39 is 10.0 Å². The first-order valence-electron chi connectivity index (χ1n) is 9.22. The third-order valence-electron chi connectivity index (χ3n) is 5.48. The van der Waals surface area contributed by atoms with Crippen molar-refractivity contribution in [3.63, 3.8) is 0 Å². The summed E-state index contributed by atoms with van der Waals surface area (Å²) in [6, 6.07) is 12.8. The highest BCUT2D eigenvalue weighted by Crippen LogP contribution is 2.36. The van der Waals surface area contributed by atoms with Crippen LogP contribution >= 0.6 is 0 Å². The number of hydrogen-bond acceptors (Lipinski definition) is 5. The molecule has 1 saturated heterocycles. The highest BCUT2D eigenvalue weighted by Gasteiger charge is 2.36. The van der Waals surface area contributed by atoms with Gasteiger partial charge in [0.1, 0.15) is 5.75 Å². The van der Waals surface area contributed by atoms with Crippen molar-refractivity contribution >= 4 is 15.7 Å². The maximum Gasteiger partial charge on any atom is 0.243 e. The molecule has 0 aromatic heterocycles. The standard InChI is InChI=1S/C20H25N3O3S/c1-22-11-9-15-7-8-16(13-18(15)22)27(24,25)23-12-10-21-14-19(23)17-5-3-4-6-20(17)26-2/h3-8,13,19,21H,9-12,14H2,1-2H3. The third kappa shape index (κ3) is 3.20. The molecule has 0 saturated carbocycles. The second kappa shape index (κ2) is 7.14. The van der Waals surface area contributed by atoms with E-state index in [4.69, 9.17) is 4.74 Å². The van der Waals surface area contributed by atoms with Crippen LogP contribution in [0.25, 0.3) is 0 Å². The van der Waals surface area contributed by atoms with Crippen molar-refractivity contribution < 1.29 is 13.2 Å². The summed E-state index contributed by atoms with van der Waals surface area (Å²) in [4.78, 5) is 2.47. The molecule has 0 radical (unpaired) electrons. The van der Waals surface area contributed by atoms with Gasteiger partial charge in [0.2, 0.25) is 10.0 Å². The molecule has 2 aliphatic heterocycles. The van der Waals surface area contributed by atoms with Gasteiger partial charge in [0, 0.05) is 44.5 Å². The zero-order valence-corrected chi connectivity index (χ0v) is 16.5. The third-order valence-corrected chi connectivity index (χ3v) is 7.39. The lowest BCUT2D eigenvalue weighted by Crippen LogP contribution is -2.48. The number of likely N-dealkylation sites (N-methyl/N-ethyl adjacent to an activating group) is 1. The van der Waals surface area contributed by atoms with Crippen molar-refractivity contribution in [3.8, 4) is 5.75 Å².